The molecule has 0 aromatic carbocycles. The van der Waals surface area contributed by atoms with E-state index in [-0.39, 0.29) is 34.3 Å². The van der Waals surface area contributed by atoms with Crippen molar-refractivity contribution in [3.8, 4) is 0 Å². The zero-order chi connectivity index (χ0) is 23.1. The van der Waals surface area contributed by atoms with Gasteiger partial charge in [0, 0.05) is 30.2 Å². The summed E-state index contributed by atoms with van der Waals surface area (Å²) in [5.41, 5.74) is 0.315. The number of thiophene rings is 1. The number of rotatable bonds is 6. The van der Waals surface area contributed by atoms with E-state index in [2.05, 4.69) is 27.7 Å². The van der Waals surface area contributed by atoms with Crippen LogP contribution in [0.5, 0.6) is 0 Å². The number of aromatic carboxylic acids is 1. The molecule has 0 spiro atoms. The summed E-state index contributed by atoms with van der Waals surface area (Å²) >= 11 is 1.26. The quantitative estimate of drug-likeness (QED) is 0.518. The van der Waals surface area contributed by atoms with Gasteiger partial charge in [0.25, 0.3) is 0 Å². The van der Waals surface area contributed by atoms with E-state index in [0.717, 1.165) is 30.6 Å². The topological polar surface area (TPSA) is 83.9 Å². The van der Waals surface area contributed by atoms with Crippen molar-refractivity contribution in [3.63, 3.8) is 0 Å². The van der Waals surface area contributed by atoms with Crippen LogP contribution in [0, 0.1) is 11.8 Å². The summed E-state index contributed by atoms with van der Waals surface area (Å²) in [4.78, 5) is 28.7. The fourth-order valence-electron chi connectivity index (χ4n) is 4.48. The molecule has 1 amide bonds. The van der Waals surface area contributed by atoms with Crippen molar-refractivity contribution >= 4 is 36.3 Å². The third kappa shape index (κ3) is 5.80. The Morgan fingerprint density at radius 2 is 1.74 bits per heavy atom. The molecule has 31 heavy (non-hydrogen) atoms. The Balaban J connectivity index is 1.93. The van der Waals surface area contributed by atoms with Crippen LogP contribution in [-0.4, -0.2) is 42.5 Å². The SMILES string of the molecule is CC1CCC(C(=O)N(c2cc(C(C)(C)C)sc2C(=O)O)C2CC(OP(C)(C)=O)C2)CC1. The van der Waals surface area contributed by atoms with Gasteiger partial charge in [-0.2, -0.15) is 0 Å². The van der Waals surface area contributed by atoms with Crippen molar-refractivity contribution in [1.29, 1.82) is 0 Å². The molecule has 2 aliphatic carbocycles. The second-order valence-electron chi connectivity index (χ2n) is 10.6. The fourth-order valence-corrected chi connectivity index (χ4v) is 6.41. The second-order valence-corrected chi connectivity index (χ2v) is 14.4. The van der Waals surface area contributed by atoms with Gasteiger partial charge in [-0.3, -0.25) is 9.36 Å². The standard InChI is InChI=1S/C23H36NO5PS/c1-14-7-9-15(10-8-14)21(25)24(16-11-17(12-16)29-30(5,6)28)18-13-19(23(2,3)4)31-20(18)22(26)27/h13-17H,7-12H2,1-6H3,(H,26,27). The van der Waals surface area contributed by atoms with Crippen LogP contribution in [0.15, 0.2) is 6.07 Å². The highest BCUT2D eigenvalue weighted by Gasteiger charge is 2.43. The van der Waals surface area contributed by atoms with E-state index in [4.69, 9.17) is 4.52 Å². The van der Waals surface area contributed by atoms with Crippen molar-refractivity contribution in [2.75, 3.05) is 18.2 Å². The first-order valence-electron chi connectivity index (χ1n) is 11.2. The van der Waals surface area contributed by atoms with Gasteiger partial charge >= 0.3 is 5.97 Å². The van der Waals surface area contributed by atoms with Crippen LogP contribution in [0.1, 0.15) is 80.8 Å². The van der Waals surface area contributed by atoms with Gasteiger partial charge in [-0.15, -0.1) is 11.3 Å². The van der Waals surface area contributed by atoms with Crippen LogP contribution >= 0.6 is 18.7 Å². The number of hydrogen-bond acceptors (Lipinski definition) is 5. The lowest BCUT2D eigenvalue weighted by Crippen LogP contribution is -2.53. The summed E-state index contributed by atoms with van der Waals surface area (Å²) < 4.78 is 17.7. The minimum Gasteiger partial charge on any atom is -0.477 e. The molecule has 1 aromatic heterocycles. The number of carboxylic acids is 1. The molecule has 0 saturated heterocycles. The maximum Gasteiger partial charge on any atom is 0.348 e. The molecule has 0 unspecified atom stereocenters. The van der Waals surface area contributed by atoms with E-state index in [1.165, 1.54) is 11.3 Å². The summed E-state index contributed by atoms with van der Waals surface area (Å²) in [5, 5.41) is 9.91. The highest BCUT2D eigenvalue weighted by molar-refractivity contribution is 7.57. The number of nitrogens with zero attached hydrogens (tertiary/aromatic N) is 1. The largest absolute Gasteiger partial charge is 0.477 e. The van der Waals surface area contributed by atoms with Crippen molar-refractivity contribution in [1.82, 2.24) is 0 Å². The zero-order valence-electron chi connectivity index (χ0n) is 19.5. The molecule has 0 atom stereocenters. The average Bonchev–Trinajstić information content (AvgIpc) is 3.05. The van der Waals surface area contributed by atoms with Gasteiger partial charge in [-0.05, 0) is 55.9 Å². The second kappa shape index (κ2) is 8.99. The smallest absolute Gasteiger partial charge is 0.348 e. The molecule has 1 heterocycles. The molecule has 2 saturated carbocycles. The lowest BCUT2D eigenvalue weighted by atomic mass is 9.80. The van der Waals surface area contributed by atoms with Gasteiger partial charge < -0.3 is 14.5 Å². The van der Waals surface area contributed by atoms with Crippen molar-refractivity contribution in [2.45, 2.75) is 83.8 Å². The summed E-state index contributed by atoms with van der Waals surface area (Å²) in [6.45, 7) is 11.6. The number of carbonyl (C=O) groups excluding carboxylic acids is 1. The van der Waals surface area contributed by atoms with E-state index < -0.39 is 13.3 Å². The van der Waals surface area contributed by atoms with E-state index >= 15 is 0 Å². The molecular formula is C23H36NO5PS. The lowest BCUT2D eigenvalue weighted by molar-refractivity contribution is -0.124. The fraction of sp³-hybridized carbons (Fsp3) is 0.739. The summed E-state index contributed by atoms with van der Waals surface area (Å²) in [7, 11) is -2.61. The minimum absolute atomic E-state index is 0.0345. The third-order valence-corrected chi connectivity index (χ3v) is 8.69. The summed E-state index contributed by atoms with van der Waals surface area (Å²) in [6, 6.07) is 1.78. The monoisotopic (exact) mass is 469 g/mol. The molecule has 6 nitrogen and oxygen atoms in total. The molecule has 2 fully saturated rings. The Bertz CT molecular complexity index is 869. The number of anilines is 1. The summed E-state index contributed by atoms with van der Waals surface area (Å²) in [6.07, 6.45) is 4.76. The predicted molar refractivity (Wildman–Crippen MR) is 126 cm³/mol. The zero-order valence-corrected chi connectivity index (χ0v) is 21.2. The van der Waals surface area contributed by atoms with Gasteiger partial charge in [0.05, 0.1) is 11.8 Å². The molecule has 1 aromatic rings. The molecule has 0 radical (unpaired) electrons. The van der Waals surface area contributed by atoms with Gasteiger partial charge in [0.1, 0.15) is 4.88 Å². The Morgan fingerprint density at radius 3 is 2.23 bits per heavy atom. The minimum atomic E-state index is -2.61. The number of hydrogen-bond donors (Lipinski definition) is 1. The van der Waals surface area contributed by atoms with Gasteiger partial charge in [-0.25, -0.2) is 4.79 Å². The van der Waals surface area contributed by atoms with Crippen molar-refractivity contribution in [2.24, 2.45) is 11.8 Å². The third-order valence-electron chi connectivity index (χ3n) is 6.35. The van der Waals surface area contributed by atoms with E-state index in [1.807, 2.05) is 6.07 Å². The number of amides is 1. The van der Waals surface area contributed by atoms with Crippen molar-refractivity contribution in [3.05, 3.63) is 15.8 Å². The highest BCUT2D eigenvalue weighted by Crippen LogP contribution is 2.47. The van der Waals surface area contributed by atoms with Crippen LogP contribution < -0.4 is 4.90 Å². The van der Waals surface area contributed by atoms with Crippen molar-refractivity contribution < 1.29 is 23.8 Å². The van der Waals surface area contributed by atoms with Crippen LogP contribution in [0.4, 0.5) is 5.69 Å². The van der Waals surface area contributed by atoms with Crippen LogP contribution in [0.2, 0.25) is 0 Å². The molecule has 1 N–H and O–H groups in total. The maximum absolute atomic E-state index is 13.7. The molecule has 2 aliphatic rings. The van der Waals surface area contributed by atoms with E-state index in [9.17, 15) is 19.3 Å². The van der Waals surface area contributed by atoms with Gasteiger partial charge in [-0.1, -0.05) is 27.7 Å². The molecular weight excluding hydrogens is 433 g/mol. The molecule has 174 valence electrons. The Hall–Kier alpha value is -1.17. The van der Waals surface area contributed by atoms with Gasteiger partial charge in [0.15, 0.2) is 7.37 Å². The normalized spacial score (nSPS) is 26.9. The number of carboxylic acid groups (broad SMARTS) is 1. The Labute approximate surface area is 189 Å². The molecule has 3 rings (SSSR count). The van der Waals surface area contributed by atoms with E-state index in [0.29, 0.717) is 24.4 Å². The summed E-state index contributed by atoms with van der Waals surface area (Å²) in [5.74, 6) is -0.402. The lowest BCUT2D eigenvalue weighted by Gasteiger charge is -2.44. The Morgan fingerprint density at radius 1 is 1.16 bits per heavy atom. The highest BCUT2D eigenvalue weighted by atomic mass is 32.1. The van der Waals surface area contributed by atoms with Crippen LogP contribution in [0.3, 0.4) is 0 Å². The van der Waals surface area contributed by atoms with E-state index in [1.54, 1.807) is 18.2 Å². The first-order chi connectivity index (χ1) is 14.3. The first-order valence-corrected chi connectivity index (χ1v) is 14.5. The van der Waals surface area contributed by atoms with Gasteiger partial charge in [0.2, 0.25) is 5.91 Å². The average molecular weight is 470 g/mol. The van der Waals surface area contributed by atoms with Crippen LogP contribution in [-0.2, 0) is 19.3 Å². The first kappa shape index (κ1) is 24.5. The Kier molecular flexibility index (Phi) is 7.10. The number of carbonyl (C=O) groups is 2. The molecule has 8 heteroatoms. The molecule has 0 bridgehead atoms. The van der Waals surface area contributed by atoms with Crippen LogP contribution in [0.25, 0.3) is 0 Å². The predicted octanol–water partition coefficient (Wildman–Crippen LogP) is 5.99. The maximum atomic E-state index is 13.7. The molecule has 0 aliphatic heterocycles.